The van der Waals surface area contributed by atoms with Crippen LogP contribution >= 0.6 is 23.1 Å². The third-order valence-electron chi connectivity index (χ3n) is 4.95. The molecule has 0 saturated carbocycles. The van der Waals surface area contributed by atoms with Gasteiger partial charge in [0.2, 0.25) is 0 Å². The van der Waals surface area contributed by atoms with Gasteiger partial charge in [0.1, 0.15) is 5.01 Å². The highest BCUT2D eigenvalue weighted by Gasteiger charge is 2.30. The lowest BCUT2D eigenvalue weighted by atomic mass is 9.82. The topological polar surface area (TPSA) is 50.2 Å². The van der Waals surface area contributed by atoms with Gasteiger partial charge in [-0.05, 0) is 36.8 Å². The number of hydrogen-bond donors (Lipinski definition) is 1. The number of alkyl halides is 3. The highest BCUT2D eigenvalue weighted by molar-refractivity contribution is 7.98. The Morgan fingerprint density at radius 2 is 1.61 bits per heavy atom. The fraction of sp³-hybridized carbons (Fsp3) is 0.304. The Kier molecular flexibility index (Phi) is 6.81. The van der Waals surface area contributed by atoms with Crippen molar-refractivity contribution in [2.75, 3.05) is 0 Å². The number of halogens is 3. The van der Waals surface area contributed by atoms with E-state index in [0.29, 0.717) is 16.3 Å². The minimum absolute atomic E-state index is 0.0618. The quantitative estimate of drug-likeness (QED) is 0.376. The Bertz CT molecular complexity index is 1060. The van der Waals surface area contributed by atoms with Crippen molar-refractivity contribution in [3.8, 4) is 10.6 Å². The molecule has 8 heteroatoms. The van der Waals surface area contributed by atoms with Crippen LogP contribution in [0.2, 0.25) is 0 Å². The zero-order valence-corrected chi connectivity index (χ0v) is 18.9. The van der Waals surface area contributed by atoms with E-state index in [2.05, 4.69) is 4.98 Å². The Balaban J connectivity index is 1.68. The van der Waals surface area contributed by atoms with Gasteiger partial charge < -0.3 is 5.11 Å². The fourth-order valence-electron chi connectivity index (χ4n) is 3.12. The predicted molar refractivity (Wildman–Crippen MR) is 119 cm³/mol. The van der Waals surface area contributed by atoms with E-state index >= 15 is 0 Å². The van der Waals surface area contributed by atoms with Crippen LogP contribution in [0.5, 0.6) is 0 Å². The number of aromatic nitrogens is 1. The number of rotatable bonds is 7. The van der Waals surface area contributed by atoms with E-state index in [1.807, 2.05) is 45.0 Å². The fourth-order valence-corrected chi connectivity index (χ4v) is 5.23. The van der Waals surface area contributed by atoms with Gasteiger partial charge >= 0.3 is 12.1 Å². The average Bonchev–Trinajstić information content (AvgIpc) is 3.06. The predicted octanol–water partition coefficient (Wildman–Crippen LogP) is 7.18. The van der Waals surface area contributed by atoms with Crippen LogP contribution in [-0.2, 0) is 22.1 Å². The summed E-state index contributed by atoms with van der Waals surface area (Å²) in [6.07, 6.45) is -4.29. The Hall–Kier alpha value is -2.32. The van der Waals surface area contributed by atoms with Crippen molar-refractivity contribution in [3.05, 3.63) is 70.2 Å². The van der Waals surface area contributed by atoms with Crippen LogP contribution in [0.1, 0.15) is 42.0 Å². The molecule has 0 spiro atoms. The van der Waals surface area contributed by atoms with Gasteiger partial charge in [-0.15, -0.1) is 23.1 Å². The van der Waals surface area contributed by atoms with E-state index in [9.17, 15) is 18.0 Å². The molecule has 0 radical (unpaired) electrons. The molecule has 3 rings (SSSR count). The molecule has 0 fully saturated rings. The molecular formula is C23H22F3NO2S2. The molecule has 0 bridgehead atoms. The molecule has 0 saturated heterocycles. The highest BCUT2D eigenvalue weighted by atomic mass is 32.2. The van der Waals surface area contributed by atoms with Crippen molar-refractivity contribution in [1.82, 2.24) is 4.98 Å². The van der Waals surface area contributed by atoms with Crippen molar-refractivity contribution in [3.63, 3.8) is 0 Å². The van der Waals surface area contributed by atoms with Crippen molar-refractivity contribution in [2.24, 2.45) is 0 Å². The maximum absolute atomic E-state index is 12.8. The number of aliphatic carboxylic acids is 1. The number of carbonyl (C=O) groups is 1. The van der Waals surface area contributed by atoms with Crippen molar-refractivity contribution in [2.45, 2.75) is 49.4 Å². The van der Waals surface area contributed by atoms with Crippen LogP contribution in [0, 0.1) is 6.92 Å². The maximum Gasteiger partial charge on any atom is 0.416 e. The molecule has 1 N–H and O–H groups in total. The van der Waals surface area contributed by atoms with Crippen LogP contribution in [0.4, 0.5) is 13.2 Å². The molecule has 3 nitrogen and oxygen atoms in total. The van der Waals surface area contributed by atoms with Crippen molar-refractivity contribution >= 4 is 29.1 Å². The lowest BCUT2D eigenvalue weighted by Gasteiger charge is -2.23. The van der Waals surface area contributed by atoms with Gasteiger partial charge in [0.05, 0.1) is 17.7 Å². The summed E-state index contributed by atoms with van der Waals surface area (Å²) in [5.41, 5.74) is 1.39. The van der Waals surface area contributed by atoms with E-state index in [0.717, 1.165) is 33.2 Å². The molecule has 0 unspecified atom stereocenters. The van der Waals surface area contributed by atoms with Crippen LogP contribution < -0.4 is 0 Å². The Morgan fingerprint density at radius 1 is 1.03 bits per heavy atom. The molecule has 3 aromatic rings. The smallest absolute Gasteiger partial charge is 0.416 e. The van der Waals surface area contributed by atoms with E-state index in [4.69, 9.17) is 5.11 Å². The molecule has 1 heterocycles. The van der Waals surface area contributed by atoms with Crippen molar-refractivity contribution in [1.29, 1.82) is 0 Å². The summed E-state index contributed by atoms with van der Waals surface area (Å²) < 4.78 is 38.3. The van der Waals surface area contributed by atoms with Crippen LogP contribution in [0.3, 0.4) is 0 Å². The molecule has 1 aromatic heterocycles. The van der Waals surface area contributed by atoms with Gasteiger partial charge in [-0.2, -0.15) is 13.2 Å². The molecular weight excluding hydrogens is 443 g/mol. The third kappa shape index (κ3) is 5.89. The monoisotopic (exact) mass is 465 g/mol. The summed E-state index contributed by atoms with van der Waals surface area (Å²) >= 11 is 3.12. The van der Waals surface area contributed by atoms with E-state index < -0.39 is 23.1 Å². The Labute approximate surface area is 187 Å². The molecule has 0 atom stereocenters. The second kappa shape index (κ2) is 9.04. The van der Waals surface area contributed by atoms with Gasteiger partial charge in [-0.25, -0.2) is 4.98 Å². The minimum Gasteiger partial charge on any atom is -0.481 e. The largest absolute Gasteiger partial charge is 0.481 e. The zero-order valence-electron chi connectivity index (χ0n) is 17.3. The highest BCUT2D eigenvalue weighted by Crippen LogP contribution is 2.35. The summed E-state index contributed by atoms with van der Waals surface area (Å²) in [7, 11) is 0. The lowest BCUT2D eigenvalue weighted by Crippen LogP contribution is -2.21. The number of hydrogen-bond acceptors (Lipinski definition) is 4. The standard InChI is InChI=1S/C23H22F3NO2S2/c1-14-19(31-21(27-14)15-4-6-17(7-5-15)23(24,25)26)13-30-18-10-8-16(9-11-18)22(2,3)12-20(28)29/h4-11H,12-13H2,1-3H3,(H,28,29). The average molecular weight is 466 g/mol. The van der Waals surface area contributed by atoms with E-state index in [1.54, 1.807) is 11.8 Å². The normalized spacial score (nSPS) is 12.2. The van der Waals surface area contributed by atoms with Gasteiger partial charge in [0.15, 0.2) is 0 Å². The number of aryl methyl sites for hydroxylation is 1. The molecule has 164 valence electrons. The first-order chi connectivity index (χ1) is 14.5. The first-order valence-electron chi connectivity index (χ1n) is 9.55. The number of carboxylic acids is 1. The van der Waals surface area contributed by atoms with Crippen LogP contribution in [0.25, 0.3) is 10.6 Å². The number of thioether (sulfide) groups is 1. The molecule has 31 heavy (non-hydrogen) atoms. The molecule has 0 amide bonds. The SMILES string of the molecule is Cc1nc(-c2ccc(C(F)(F)F)cc2)sc1CSc1ccc(C(C)(C)CC(=O)O)cc1. The number of thiazole rings is 1. The van der Waals surface area contributed by atoms with Gasteiger partial charge in [0.25, 0.3) is 0 Å². The third-order valence-corrected chi connectivity index (χ3v) is 7.38. The maximum atomic E-state index is 12.8. The van der Waals surface area contributed by atoms with Crippen LogP contribution in [-0.4, -0.2) is 16.1 Å². The first-order valence-corrected chi connectivity index (χ1v) is 11.3. The number of carboxylic acid groups (broad SMARTS) is 1. The summed E-state index contributed by atoms with van der Waals surface area (Å²) in [6, 6.07) is 12.9. The molecule has 2 aromatic carbocycles. The van der Waals surface area contributed by atoms with E-state index in [1.165, 1.54) is 23.5 Å². The van der Waals surface area contributed by atoms with E-state index in [-0.39, 0.29) is 6.42 Å². The van der Waals surface area contributed by atoms with Gasteiger partial charge in [-0.3, -0.25) is 4.79 Å². The van der Waals surface area contributed by atoms with Gasteiger partial charge in [0, 0.05) is 26.5 Å². The second-order valence-electron chi connectivity index (χ2n) is 7.87. The Morgan fingerprint density at radius 3 is 2.16 bits per heavy atom. The summed E-state index contributed by atoms with van der Waals surface area (Å²) in [5, 5.41) is 9.78. The molecule has 0 aliphatic heterocycles. The summed E-state index contributed by atoms with van der Waals surface area (Å²) in [5.74, 6) is -0.130. The summed E-state index contributed by atoms with van der Waals surface area (Å²) in [4.78, 5) is 17.7. The molecule has 0 aliphatic rings. The van der Waals surface area contributed by atoms with Crippen molar-refractivity contribution < 1.29 is 23.1 Å². The second-order valence-corrected chi connectivity index (χ2v) is 10.0. The van der Waals surface area contributed by atoms with Gasteiger partial charge in [-0.1, -0.05) is 38.1 Å². The van der Waals surface area contributed by atoms with Crippen LogP contribution in [0.15, 0.2) is 53.4 Å². The first kappa shape index (κ1) is 23.3. The number of benzene rings is 2. The summed E-state index contributed by atoms with van der Waals surface area (Å²) in [6.45, 7) is 5.72. The lowest BCUT2D eigenvalue weighted by molar-refractivity contribution is -0.138. The number of nitrogens with zero attached hydrogens (tertiary/aromatic N) is 1. The minimum atomic E-state index is -4.35. The zero-order chi connectivity index (χ0) is 22.8. The molecule has 0 aliphatic carbocycles.